The van der Waals surface area contributed by atoms with Crippen LogP contribution in [0, 0.1) is 11.8 Å². The average Bonchev–Trinajstić information content (AvgIpc) is 2.67. The Labute approximate surface area is 110 Å². The highest BCUT2D eigenvalue weighted by atomic mass is 16.2. The van der Waals surface area contributed by atoms with Gasteiger partial charge in [0.2, 0.25) is 5.91 Å². The van der Waals surface area contributed by atoms with E-state index < -0.39 is 0 Å². The van der Waals surface area contributed by atoms with Gasteiger partial charge in [0.15, 0.2) is 0 Å². The number of amides is 1. The zero-order valence-corrected chi connectivity index (χ0v) is 11.6. The first-order valence-electron chi connectivity index (χ1n) is 7.00. The highest BCUT2D eigenvalue weighted by Gasteiger charge is 2.39. The van der Waals surface area contributed by atoms with E-state index in [0.29, 0.717) is 11.8 Å². The molecule has 0 radical (unpaired) electrons. The van der Waals surface area contributed by atoms with Gasteiger partial charge in [-0.2, -0.15) is 0 Å². The van der Waals surface area contributed by atoms with E-state index >= 15 is 0 Å². The molecule has 1 saturated heterocycles. The molecule has 0 saturated carbocycles. The predicted octanol–water partition coefficient (Wildman–Crippen LogP) is 3.64. The number of likely N-dealkylation sites (tertiary alicyclic amines) is 1. The molecular weight excluding hydrogens is 222 g/mol. The van der Waals surface area contributed by atoms with E-state index in [1.54, 1.807) is 0 Å². The minimum atomic E-state index is 0.197. The number of hydrogen-bond acceptors (Lipinski definition) is 1. The van der Waals surface area contributed by atoms with E-state index in [4.69, 9.17) is 0 Å². The predicted molar refractivity (Wildman–Crippen MR) is 74.1 cm³/mol. The Morgan fingerprint density at radius 3 is 2.61 bits per heavy atom. The summed E-state index contributed by atoms with van der Waals surface area (Å²) in [7, 11) is 0. The van der Waals surface area contributed by atoms with Crippen LogP contribution >= 0.6 is 0 Å². The Bertz CT molecular complexity index is 401. The van der Waals surface area contributed by atoms with Crippen molar-refractivity contribution in [3.63, 3.8) is 0 Å². The average molecular weight is 245 g/mol. The first-order valence-corrected chi connectivity index (χ1v) is 7.00. The number of carbonyl (C=O) groups excluding carboxylic acids is 1. The molecule has 1 fully saturated rings. The van der Waals surface area contributed by atoms with Gasteiger partial charge in [-0.15, -0.1) is 0 Å². The van der Waals surface area contributed by atoms with Crippen LogP contribution in [0.25, 0.3) is 0 Å². The second kappa shape index (κ2) is 5.55. The molecule has 0 aliphatic carbocycles. The van der Waals surface area contributed by atoms with E-state index in [0.717, 1.165) is 19.4 Å². The molecule has 1 aromatic carbocycles. The number of benzene rings is 1. The molecule has 2 rings (SSSR count). The molecule has 1 heterocycles. The van der Waals surface area contributed by atoms with Gasteiger partial charge in [0.05, 0.1) is 6.04 Å². The summed E-state index contributed by atoms with van der Waals surface area (Å²) >= 11 is 0. The van der Waals surface area contributed by atoms with Gasteiger partial charge in [-0.1, -0.05) is 50.6 Å². The van der Waals surface area contributed by atoms with Crippen molar-refractivity contribution in [2.24, 2.45) is 11.8 Å². The molecular formula is C16H23NO. The molecule has 1 aliphatic heterocycles. The molecule has 18 heavy (non-hydrogen) atoms. The highest BCUT2D eigenvalue weighted by molar-refractivity contribution is 5.81. The van der Waals surface area contributed by atoms with Crippen LogP contribution in [0.5, 0.6) is 0 Å². The summed E-state index contributed by atoms with van der Waals surface area (Å²) in [6, 6.07) is 10.5. The number of rotatable bonds is 4. The van der Waals surface area contributed by atoms with E-state index in [2.05, 4.69) is 37.8 Å². The smallest absolute Gasteiger partial charge is 0.226 e. The van der Waals surface area contributed by atoms with Gasteiger partial charge in [-0.05, 0) is 24.8 Å². The third kappa shape index (κ3) is 2.43. The monoisotopic (exact) mass is 245 g/mol. The van der Waals surface area contributed by atoms with Crippen LogP contribution in [0.3, 0.4) is 0 Å². The first-order chi connectivity index (χ1) is 8.65. The van der Waals surface area contributed by atoms with Gasteiger partial charge < -0.3 is 4.90 Å². The molecule has 3 unspecified atom stereocenters. The van der Waals surface area contributed by atoms with Crippen molar-refractivity contribution in [3.05, 3.63) is 35.9 Å². The second-order valence-corrected chi connectivity index (χ2v) is 5.45. The van der Waals surface area contributed by atoms with Crippen molar-refractivity contribution in [3.8, 4) is 0 Å². The molecule has 1 amide bonds. The van der Waals surface area contributed by atoms with Crippen molar-refractivity contribution in [1.82, 2.24) is 4.90 Å². The molecule has 0 spiro atoms. The fourth-order valence-corrected chi connectivity index (χ4v) is 2.96. The summed E-state index contributed by atoms with van der Waals surface area (Å²) in [6.07, 6.45) is 2.12. The third-order valence-corrected chi connectivity index (χ3v) is 4.12. The van der Waals surface area contributed by atoms with Gasteiger partial charge in [0, 0.05) is 12.5 Å². The highest BCUT2D eigenvalue weighted by Crippen LogP contribution is 2.34. The van der Waals surface area contributed by atoms with Crippen molar-refractivity contribution < 1.29 is 4.79 Å². The largest absolute Gasteiger partial charge is 0.335 e. The molecule has 1 aromatic rings. The Morgan fingerprint density at radius 1 is 1.33 bits per heavy atom. The van der Waals surface area contributed by atoms with Gasteiger partial charge in [-0.25, -0.2) is 0 Å². The Kier molecular flexibility index (Phi) is 4.05. The molecule has 98 valence electrons. The van der Waals surface area contributed by atoms with Gasteiger partial charge in [-0.3, -0.25) is 4.79 Å². The molecule has 0 bridgehead atoms. The summed E-state index contributed by atoms with van der Waals surface area (Å²) < 4.78 is 0. The molecule has 0 aromatic heterocycles. The summed E-state index contributed by atoms with van der Waals surface area (Å²) in [5.74, 6) is 1.07. The SMILES string of the molecule is CCCC1C(=O)N(C(C)c2ccccc2)CC1C. The lowest BCUT2D eigenvalue weighted by Gasteiger charge is -2.25. The van der Waals surface area contributed by atoms with E-state index in [-0.39, 0.29) is 12.0 Å². The quantitative estimate of drug-likeness (QED) is 0.793. The molecule has 0 N–H and O–H groups in total. The lowest BCUT2D eigenvalue weighted by Crippen LogP contribution is -2.30. The van der Waals surface area contributed by atoms with E-state index in [9.17, 15) is 4.79 Å². The Hall–Kier alpha value is -1.31. The van der Waals surface area contributed by atoms with Crippen LogP contribution in [0.4, 0.5) is 0 Å². The standard InChI is InChI=1S/C16H23NO/c1-4-8-15-12(2)11-17(16(15)18)13(3)14-9-6-5-7-10-14/h5-7,9-10,12-13,15H,4,8,11H2,1-3H3. The third-order valence-electron chi connectivity index (χ3n) is 4.12. The zero-order valence-electron chi connectivity index (χ0n) is 11.6. The minimum absolute atomic E-state index is 0.197. The van der Waals surface area contributed by atoms with Gasteiger partial charge in [0.25, 0.3) is 0 Å². The number of nitrogens with zero attached hydrogens (tertiary/aromatic N) is 1. The fourth-order valence-electron chi connectivity index (χ4n) is 2.96. The van der Waals surface area contributed by atoms with Crippen LogP contribution < -0.4 is 0 Å². The number of carbonyl (C=O) groups is 1. The molecule has 3 atom stereocenters. The van der Waals surface area contributed by atoms with Crippen LogP contribution in [0.15, 0.2) is 30.3 Å². The van der Waals surface area contributed by atoms with Crippen molar-refractivity contribution in [2.45, 2.75) is 39.7 Å². The van der Waals surface area contributed by atoms with Crippen LogP contribution in [0.2, 0.25) is 0 Å². The minimum Gasteiger partial charge on any atom is -0.335 e. The summed E-state index contributed by atoms with van der Waals surface area (Å²) in [5, 5.41) is 0. The number of hydrogen-bond donors (Lipinski definition) is 0. The summed E-state index contributed by atoms with van der Waals surface area (Å²) in [5.41, 5.74) is 1.23. The maximum absolute atomic E-state index is 12.4. The van der Waals surface area contributed by atoms with Crippen LogP contribution in [-0.4, -0.2) is 17.4 Å². The maximum Gasteiger partial charge on any atom is 0.226 e. The maximum atomic E-state index is 12.4. The lowest BCUT2D eigenvalue weighted by molar-refractivity contribution is -0.133. The van der Waals surface area contributed by atoms with E-state index in [1.165, 1.54) is 5.56 Å². The summed E-state index contributed by atoms with van der Waals surface area (Å²) in [4.78, 5) is 14.5. The van der Waals surface area contributed by atoms with Crippen molar-refractivity contribution >= 4 is 5.91 Å². The first kappa shape index (κ1) is 13.1. The lowest BCUT2D eigenvalue weighted by atomic mass is 9.93. The molecule has 2 heteroatoms. The zero-order chi connectivity index (χ0) is 13.1. The van der Waals surface area contributed by atoms with Crippen molar-refractivity contribution in [2.75, 3.05) is 6.54 Å². The van der Waals surface area contributed by atoms with Gasteiger partial charge >= 0.3 is 0 Å². The van der Waals surface area contributed by atoms with Gasteiger partial charge in [0.1, 0.15) is 0 Å². The topological polar surface area (TPSA) is 20.3 Å². The van der Waals surface area contributed by atoms with Crippen molar-refractivity contribution in [1.29, 1.82) is 0 Å². The van der Waals surface area contributed by atoms with Crippen LogP contribution in [0.1, 0.15) is 45.2 Å². The van der Waals surface area contributed by atoms with E-state index in [1.807, 2.05) is 18.2 Å². The van der Waals surface area contributed by atoms with Crippen LogP contribution in [-0.2, 0) is 4.79 Å². The normalized spacial score (nSPS) is 25.5. The molecule has 1 aliphatic rings. The Morgan fingerprint density at radius 2 is 2.00 bits per heavy atom. The Balaban J connectivity index is 2.13. The summed E-state index contributed by atoms with van der Waals surface area (Å²) in [6.45, 7) is 7.40. The molecule has 2 nitrogen and oxygen atoms in total. The second-order valence-electron chi connectivity index (χ2n) is 5.45. The fraction of sp³-hybridized carbons (Fsp3) is 0.562.